The Kier molecular flexibility index (Phi) is 4.51. The van der Waals surface area contributed by atoms with Crippen molar-refractivity contribution in [2.24, 2.45) is 0 Å². The average Bonchev–Trinajstić information content (AvgIpc) is 3.03. The number of aryl methyl sites for hydroxylation is 1. The monoisotopic (exact) mass is 336 g/mol. The highest BCUT2D eigenvalue weighted by Crippen LogP contribution is 2.22. The van der Waals surface area contributed by atoms with Crippen LogP contribution in [0.4, 0.5) is 0 Å². The highest BCUT2D eigenvalue weighted by molar-refractivity contribution is 5.78. The highest BCUT2D eigenvalue weighted by Gasteiger charge is 2.21. The van der Waals surface area contributed by atoms with Gasteiger partial charge in [0.1, 0.15) is 0 Å². The van der Waals surface area contributed by atoms with Crippen molar-refractivity contribution in [1.82, 2.24) is 20.5 Å². The average molecular weight is 336 g/mol. The molecule has 0 radical (unpaired) electrons. The summed E-state index contributed by atoms with van der Waals surface area (Å²) >= 11 is 0. The summed E-state index contributed by atoms with van der Waals surface area (Å²) in [6, 6.07) is 8.41. The van der Waals surface area contributed by atoms with Crippen molar-refractivity contribution in [3.8, 4) is 0 Å². The number of aromatic nitrogens is 1. The van der Waals surface area contributed by atoms with Crippen molar-refractivity contribution >= 4 is 5.91 Å². The molecule has 0 fully saturated rings. The molecular formula is C20H24N4O. The summed E-state index contributed by atoms with van der Waals surface area (Å²) in [5.41, 5.74) is 7.50. The van der Waals surface area contributed by atoms with Gasteiger partial charge in [-0.25, -0.2) is 0 Å². The summed E-state index contributed by atoms with van der Waals surface area (Å²) in [4.78, 5) is 19.1. The number of nitrogens with zero attached hydrogens (tertiary/aromatic N) is 2. The number of hydrogen-bond donors (Lipinski definition) is 2. The van der Waals surface area contributed by atoms with Gasteiger partial charge in [-0.15, -0.1) is 0 Å². The second-order valence-corrected chi connectivity index (χ2v) is 6.94. The lowest BCUT2D eigenvalue weighted by Gasteiger charge is -2.22. The number of carbonyl (C=O) groups is 1. The molecule has 2 aliphatic rings. The first-order chi connectivity index (χ1) is 12.2. The molecule has 0 saturated carbocycles. The molecule has 0 spiro atoms. The minimum atomic E-state index is 0.0822. The predicted octanol–water partition coefficient (Wildman–Crippen LogP) is 1.67. The molecule has 0 saturated heterocycles. The van der Waals surface area contributed by atoms with Gasteiger partial charge in [0.05, 0.1) is 6.54 Å². The number of fused-ring (bicyclic) bond motifs is 2. The lowest BCUT2D eigenvalue weighted by atomic mass is 9.96. The van der Waals surface area contributed by atoms with Crippen LogP contribution in [0.2, 0.25) is 0 Å². The van der Waals surface area contributed by atoms with Crippen molar-refractivity contribution in [3.63, 3.8) is 0 Å². The molecule has 1 amide bonds. The van der Waals surface area contributed by atoms with Crippen LogP contribution < -0.4 is 10.6 Å². The van der Waals surface area contributed by atoms with Crippen LogP contribution in [0.25, 0.3) is 0 Å². The largest absolute Gasteiger partial charge is 0.351 e. The van der Waals surface area contributed by atoms with Crippen molar-refractivity contribution in [3.05, 3.63) is 64.0 Å². The first kappa shape index (κ1) is 16.2. The van der Waals surface area contributed by atoms with Gasteiger partial charge in [-0.1, -0.05) is 24.3 Å². The Bertz CT molecular complexity index is 777. The molecule has 4 rings (SSSR count). The third-order valence-corrected chi connectivity index (χ3v) is 5.21. The molecule has 0 aliphatic carbocycles. The maximum Gasteiger partial charge on any atom is 0.234 e. The molecule has 25 heavy (non-hydrogen) atoms. The number of hydrogen-bond acceptors (Lipinski definition) is 4. The molecule has 1 aromatic carbocycles. The van der Waals surface area contributed by atoms with E-state index in [-0.39, 0.29) is 5.91 Å². The summed E-state index contributed by atoms with van der Waals surface area (Å²) < 4.78 is 0. The van der Waals surface area contributed by atoms with E-state index in [1.807, 2.05) is 13.1 Å². The Balaban J connectivity index is 1.37. The van der Waals surface area contributed by atoms with Crippen LogP contribution in [0.5, 0.6) is 0 Å². The second-order valence-electron chi connectivity index (χ2n) is 6.94. The number of amides is 1. The Morgan fingerprint density at radius 1 is 1.24 bits per heavy atom. The summed E-state index contributed by atoms with van der Waals surface area (Å²) in [6.45, 7) is 6.62. The van der Waals surface area contributed by atoms with Crippen molar-refractivity contribution in [1.29, 1.82) is 0 Å². The van der Waals surface area contributed by atoms with Gasteiger partial charge < -0.3 is 10.6 Å². The Labute approximate surface area is 148 Å². The SMILES string of the molecule is Cc1ncc2c(c1CNC(=O)CN1Cc3ccccc3C1)CCNC2. The Hall–Kier alpha value is -2.24. The summed E-state index contributed by atoms with van der Waals surface area (Å²) in [5.74, 6) is 0.0822. The molecule has 130 valence electrons. The first-order valence-electron chi connectivity index (χ1n) is 8.93. The third-order valence-electron chi connectivity index (χ3n) is 5.21. The van der Waals surface area contributed by atoms with E-state index < -0.39 is 0 Å². The fraction of sp³-hybridized carbons (Fsp3) is 0.400. The van der Waals surface area contributed by atoms with E-state index in [1.165, 1.54) is 27.8 Å². The molecule has 0 unspecified atom stereocenters. The van der Waals surface area contributed by atoms with Gasteiger partial charge in [-0.2, -0.15) is 0 Å². The standard InChI is InChI=1S/C20H24N4O/c1-14-19(18-6-7-21-8-17(18)9-22-14)10-23-20(25)13-24-11-15-4-2-3-5-16(15)12-24/h2-5,9,21H,6-8,10-13H2,1H3,(H,23,25). The number of carbonyl (C=O) groups excluding carboxylic acids is 1. The molecule has 2 aliphatic heterocycles. The van der Waals surface area contributed by atoms with Gasteiger partial charge in [0.2, 0.25) is 5.91 Å². The Morgan fingerprint density at radius 2 is 2.00 bits per heavy atom. The van der Waals surface area contributed by atoms with E-state index in [4.69, 9.17) is 0 Å². The number of benzene rings is 1. The van der Waals surface area contributed by atoms with E-state index in [2.05, 4.69) is 44.8 Å². The molecule has 0 atom stereocenters. The van der Waals surface area contributed by atoms with Crippen LogP contribution in [0, 0.1) is 6.92 Å². The van der Waals surface area contributed by atoms with E-state index in [0.717, 1.165) is 38.3 Å². The van der Waals surface area contributed by atoms with Crippen LogP contribution in [0.15, 0.2) is 30.5 Å². The normalized spacial score (nSPS) is 16.4. The third kappa shape index (κ3) is 3.43. The summed E-state index contributed by atoms with van der Waals surface area (Å²) in [7, 11) is 0. The Morgan fingerprint density at radius 3 is 2.76 bits per heavy atom. The number of pyridine rings is 1. The van der Waals surface area contributed by atoms with Gasteiger partial charge in [0.15, 0.2) is 0 Å². The lowest BCUT2D eigenvalue weighted by Crippen LogP contribution is -2.35. The van der Waals surface area contributed by atoms with E-state index in [9.17, 15) is 4.79 Å². The van der Waals surface area contributed by atoms with Crippen molar-refractivity contribution in [2.75, 3.05) is 13.1 Å². The molecule has 2 N–H and O–H groups in total. The zero-order valence-corrected chi connectivity index (χ0v) is 14.6. The smallest absolute Gasteiger partial charge is 0.234 e. The minimum Gasteiger partial charge on any atom is -0.351 e. The quantitative estimate of drug-likeness (QED) is 0.892. The van der Waals surface area contributed by atoms with Crippen LogP contribution in [0.3, 0.4) is 0 Å². The molecule has 5 nitrogen and oxygen atoms in total. The van der Waals surface area contributed by atoms with E-state index in [0.29, 0.717) is 13.1 Å². The summed E-state index contributed by atoms with van der Waals surface area (Å²) in [5, 5.41) is 6.48. The summed E-state index contributed by atoms with van der Waals surface area (Å²) in [6.07, 6.45) is 2.97. The molecule has 2 aromatic rings. The predicted molar refractivity (Wildman–Crippen MR) is 96.8 cm³/mol. The van der Waals surface area contributed by atoms with Crippen LogP contribution in [-0.4, -0.2) is 28.9 Å². The molecule has 5 heteroatoms. The minimum absolute atomic E-state index is 0.0822. The van der Waals surface area contributed by atoms with E-state index >= 15 is 0 Å². The fourth-order valence-electron chi connectivity index (χ4n) is 3.84. The van der Waals surface area contributed by atoms with Gasteiger partial charge in [-0.3, -0.25) is 14.7 Å². The maximum atomic E-state index is 12.4. The van der Waals surface area contributed by atoms with Gasteiger partial charge in [-0.05, 0) is 47.7 Å². The molecule has 1 aromatic heterocycles. The van der Waals surface area contributed by atoms with Crippen molar-refractivity contribution < 1.29 is 4.79 Å². The first-order valence-corrected chi connectivity index (χ1v) is 8.93. The topological polar surface area (TPSA) is 57.3 Å². The molecule has 0 bridgehead atoms. The fourth-order valence-corrected chi connectivity index (χ4v) is 3.84. The number of rotatable bonds is 4. The lowest BCUT2D eigenvalue weighted by molar-refractivity contribution is -0.122. The van der Waals surface area contributed by atoms with Crippen LogP contribution in [0.1, 0.15) is 33.5 Å². The molecular weight excluding hydrogens is 312 g/mol. The molecule has 3 heterocycles. The van der Waals surface area contributed by atoms with Gasteiger partial charge in [0, 0.05) is 38.1 Å². The van der Waals surface area contributed by atoms with Gasteiger partial charge in [0.25, 0.3) is 0 Å². The zero-order chi connectivity index (χ0) is 17.2. The zero-order valence-electron chi connectivity index (χ0n) is 14.6. The van der Waals surface area contributed by atoms with Crippen LogP contribution >= 0.6 is 0 Å². The maximum absolute atomic E-state index is 12.4. The highest BCUT2D eigenvalue weighted by atomic mass is 16.2. The number of nitrogens with one attached hydrogen (secondary N) is 2. The van der Waals surface area contributed by atoms with Gasteiger partial charge >= 0.3 is 0 Å². The van der Waals surface area contributed by atoms with E-state index in [1.54, 1.807) is 0 Å². The second kappa shape index (κ2) is 6.94. The van der Waals surface area contributed by atoms with Crippen LogP contribution in [-0.2, 0) is 37.4 Å². The van der Waals surface area contributed by atoms with Crippen molar-refractivity contribution in [2.45, 2.75) is 39.5 Å².